The number of nitrogens with two attached hydrogens (primary N) is 2. The van der Waals surface area contributed by atoms with Crippen LogP contribution in [0.4, 0.5) is 17.5 Å². The normalized spacial score (nSPS) is 9.96. The van der Waals surface area contributed by atoms with Gasteiger partial charge in [-0.05, 0) is 12.1 Å². The summed E-state index contributed by atoms with van der Waals surface area (Å²) in [7, 11) is 2.61. The molecular weight excluding hydrogens is 304 g/mol. The van der Waals surface area contributed by atoms with Crippen LogP contribution in [0.2, 0.25) is 0 Å². The van der Waals surface area contributed by atoms with E-state index in [9.17, 15) is 15.4 Å². The average Bonchev–Trinajstić information content (AvgIpc) is 2.52. The van der Waals surface area contributed by atoms with Gasteiger partial charge in [0.2, 0.25) is 5.95 Å². The van der Waals surface area contributed by atoms with Crippen LogP contribution in [0.3, 0.4) is 0 Å². The highest BCUT2D eigenvalue weighted by Crippen LogP contribution is 2.44. The minimum atomic E-state index is -0.660. The first kappa shape index (κ1) is 15.8. The summed E-state index contributed by atoms with van der Waals surface area (Å²) in [5.74, 6) is -0.318. The number of nitrogens with zero attached hydrogens (tertiary/aromatic N) is 4. The molecule has 0 radical (unpaired) electrons. The van der Waals surface area contributed by atoms with Gasteiger partial charge in [0.05, 0.1) is 19.1 Å². The third kappa shape index (κ3) is 2.62. The van der Waals surface area contributed by atoms with Gasteiger partial charge in [-0.2, -0.15) is 10.2 Å². The lowest BCUT2D eigenvalue weighted by Crippen LogP contribution is -2.07. The number of nitriles is 1. The SMILES string of the molecule is COc1ccc(OC)c([N+](=O)[O-])c1-c1nc(N)nc(N)c1C#N. The molecule has 0 amide bonds. The van der Waals surface area contributed by atoms with Gasteiger partial charge in [0.1, 0.15) is 34.5 Å². The Kier molecular flexibility index (Phi) is 4.13. The number of hydrogen-bond donors (Lipinski definition) is 2. The standard InChI is InChI=1S/C13H12N6O4/c1-22-7-3-4-8(23-2)11(19(20)21)9(7)10-6(5-14)12(15)18-13(16)17-10/h3-4H,1-2H3,(H4,15,16,17,18). The van der Waals surface area contributed by atoms with E-state index in [1.54, 1.807) is 0 Å². The largest absolute Gasteiger partial charge is 0.496 e. The molecule has 2 aromatic rings. The summed E-state index contributed by atoms with van der Waals surface area (Å²) in [6.07, 6.45) is 0. The zero-order valence-corrected chi connectivity index (χ0v) is 12.2. The maximum absolute atomic E-state index is 11.5. The van der Waals surface area contributed by atoms with Crippen LogP contribution in [-0.2, 0) is 0 Å². The highest BCUT2D eigenvalue weighted by atomic mass is 16.6. The lowest BCUT2D eigenvalue weighted by Gasteiger charge is -2.13. The molecule has 10 nitrogen and oxygen atoms in total. The average molecular weight is 316 g/mol. The Labute approximate surface area is 130 Å². The molecule has 118 valence electrons. The van der Waals surface area contributed by atoms with Crippen LogP contribution in [0.1, 0.15) is 5.56 Å². The molecule has 2 rings (SSSR count). The summed E-state index contributed by atoms with van der Waals surface area (Å²) in [4.78, 5) is 18.4. The number of ether oxygens (including phenoxy) is 2. The van der Waals surface area contributed by atoms with E-state index in [0.717, 1.165) is 0 Å². The maximum atomic E-state index is 11.5. The molecule has 4 N–H and O–H groups in total. The Balaban J connectivity index is 2.98. The van der Waals surface area contributed by atoms with Gasteiger partial charge in [0, 0.05) is 0 Å². The Morgan fingerprint density at radius 1 is 1.22 bits per heavy atom. The predicted octanol–water partition coefficient (Wildman–Crippen LogP) is 1.11. The number of benzene rings is 1. The highest BCUT2D eigenvalue weighted by molar-refractivity contribution is 5.86. The van der Waals surface area contributed by atoms with Crippen LogP contribution in [0.15, 0.2) is 12.1 Å². The van der Waals surface area contributed by atoms with Gasteiger partial charge in [-0.1, -0.05) is 0 Å². The van der Waals surface area contributed by atoms with E-state index in [-0.39, 0.29) is 40.1 Å². The molecule has 23 heavy (non-hydrogen) atoms. The van der Waals surface area contributed by atoms with Crippen LogP contribution < -0.4 is 20.9 Å². The molecule has 0 spiro atoms. The van der Waals surface area contributed by atoms with Crippen molar-refractivity contribution in [3.8, 4) is 28.8 Å². The molecular formula is C13H12N6O4. The van der Waals surface area contributed by atoms with Crippen molar-refractivity contribution in [1.82, 2.24) is 9.97 Å². The zero-order valence-electron chi connectivity index (χ0n) is 12.2. The van der Waals surface area contributed by atoms with Crippen LogP contribution in [-0.4, -0.2) is 29.1 Å². The molecule has 0 bridgehead atoms. The minimum absolute atomic E-state index is 0.0227. The second-order valence-electron chi connectivity index (χ2n) is 4.25. The summed E-state index contributed by atoms with van der Waals surface area (Å²) >= 11 is 0. The zero-order chi connectivity index (χ0) is 17.1. The molecule has 1 aromatic heterocycles. The number of hydrogen-bond acceptors (Lipinski definition) is 9. The van der Waals surface area contributed by atoms with Crippen molar-refractivity contribution >= 4 is 17.5 Å². The van der Waals surface area contributed by atoms with Crippen LogP contribution >= 0.6 is 0 Å². The van der Waals surface area contributed by atoms with Crippen molar-refractivity contribution in [3.05, 3.63) is 27.8 Å². The summed E-state index contributed by atoms with van der Waals surface area (Å²) in [5, 5.41) is 20.8. The molecule has 0 atom stereocenters. The van der Waals surface area contributed by atoms with Gasteiger partial charge in [-0.25, -0.2) is 4.98 Å². The molecule has 0 saturated heterocycles. The van der Waals surface area contributed by atoms with Crippen LogP contribution in [0, 0.1) is 21.4 Å². The summed E-state index contributed by atoms with van der Waals surface area (Å²) in [6, 6.07) is 4.65. The molecule has 0 fully saturated rings. The van der Waals surface area contributed by atoms with E-state index in [0.29, 0.717) is 0 Å². The molecule has 0 aliphatic carbocycles. The number of aromatic nitrogens is 2. The monoisotopic (exact) mass is 316 g/mol. The first-order chi connectivity index (χ1) is 10.9. The summed E-state index contributed by atoms with van der Waals surface area (Å²) in [6.45, 7) is 0. The predicted molar refractivity (Wildman–Crippen MR) is 80.8 cm³/mol. The number of anilines is 2. The van der Waals surface area contributed by atoms with Gasteiger partial charge >= 0.3 is 5.69 Å². The van der Waals surface area contributed by atoms with E-state index in [4.69, 9.17) is 20.9 Å². The number of nitro benzene ring substituents is 1. The molecule has 0 unspecified atom stereocenters. The first-order valence-electron chi connectivity index (χ1n) is 6.17. The fraction of sp³-hybridized carbons (Fsp3) is 0.154. The summed E-state index contributed by atoms with van der Waals surface area (Å²) in [5.41, 5.74) is 10.5. The minimum Gasteiger partial charge on any atom is -0.496 e. The van der Waals surface area contributed by atoms with Crippen LogP contribution in [0.25, 0.3) is 11.3 Å². The quantitative estimate of drug-likeness (QED) is 0.620. The van der Waals surface area contributed by atoms with Crippen molar-refractivity contribution < 1.29 is 14.4 Å². The smallest absolute Gasteiger partial charge is 0.324 e. The molecule has 0 aliphatic heterocycles. The Bertz CT molecular complexity index is 830. The second-order valence-corrected chi connectivity index (χ2v) is 4.25. The third-order valence-corrected chi connectivity index (χ3v) is 3.03. The van der Waals surface area contributed by atoms with E-state index in [2.05, 4.69) is 9.97 Å². The van der Waals surface area contributed by atoms with Gasteiger partial charge in [-0.15, -0.1) is 0 Å². The number of nitrogen functional groups attached to an aromatic ring is 2. The Hall–Kier alpha value is -3.61. The third-order valence-electron chi connectivity index (χ3n) is 3.03. The molecule has 10 heteroatoms. The van der Waals surface area contributed by atoms with Crippen molar-refractivity contribution in [1.29, 1.82) is 5.26 Å². The summed E-state index contributed by atoms with van der Waals surface area (Å²) < 4.78 is 10.2. The van der Waals surface area contributed by atoms with Crippen molar-refractivity contribution in [2.45, 2.75) is 0 Å². The Morgan fingerprint density at radius 2 is 1.83 bits per heavy atom. The maximum Gasteiger partial charge on any atom is 0.324 e. The number of rotatable bonds is 4. The van der Waals surface area contributed by atoms with Gasteiger partial charge in [0.15, 0.2) is 5.75 Å². The van der Waals surface area contributed by atoms with E-state index in [1.807, 2.05) is 6.07 Å². The van der Waals surface area contributed by atoms with Gasteiger partial charge < -0.3 is 20.9 Å². The second kappa shape index (κ2) is 6.02. The highest BCUT2D eigenvalue weighted by Gasteiger charge is 2.30. The number of nitro groups is 1. The van der Waals surface area contributed by atoms with Crippen molar-refractivity contribution in [2.75, 3.05) is 25.7 Å². The lowest BCUT2D eigenvalue weighted by atomic mass is 10.0. The fourth-order valence-electron chi connectivity index (χ4n) is 2.09. The molecule has 1 aromatic carbocycles. The molecule has 1 heterocycles. The molecule has 0 aliphatic rings. The van der Waals surface area contributed by atoms with Gasteiger partial charge in [0.25, 0.3) is 0 Å². The van der Waals surface area contributed by atoms with E-state index in [1.165, 1.54) is 26.4 Å². The first-order valence-corrected chi connectivity index (χ1v) is 6.17. The van der Waals surface area contributed by atoms with E-state index >= 15 is 0 Å². The van der Waals surface area contributed by atoms with Crippen molar-refractivity contribution in [2.24, 2.45) is 0 Å². The lowest BCUT2D eigenvalue weighted by molar-refractivity contribution is -0.385. The van der Waals surface area contributed by atoms with Gasteiger partial charge in [-0.3, -0.25) is 10.1 Å². The Morgan fingerprint density at radius 3 is 2.35 bits per heavy atom. The van der Waals surface area contributed by atoms with Crippen LogP contribution in [0.5, 0.6) is 11.5 Å². The number of methoxy groups -OCH3 is 2. The van der Waals surface area contributed by atoms with E-state index < -0.39 is 10.6 Å². The molecule has 0 saturated carbocycles. The topological polar surface area (TPSA) is 163 Å². The van der Waals surface area contributed by atoms with Crippen molar-refractivity contribution in [3.63, 3.8) is 0 Å². The fourth-order valence-corrected chi connectivity index (χ4v) is 2.09.